The molecule has 3 nitrogen and oxygen atoms in total. The largest absolute Gasteiger partial charge is 0.379 e. The Morgan fingerprint density at radius 3 is 2.79 bits per heavy atom. The van der Waals surface area contributed by atoms with Gasteiger partial charge in [-0.2, -0.15) is 0 Å². The minimum Gasteiger partial charge on any atom is -0.379 e. The lowest BCUT2D eigenvalue weighted by Crippen LogP contribution is -2.14. The lowest BCUT2D eigenvalue weighted by molar-refractivity contribution is 0.0408. The molecule has 1 aromatic rings. The maximum atomic E-state index is 5.66. The molecule has 1 N–H and O–H groups in total. The van der Waals surface area contributed by atoms with Crippen molar-refractivity contribution in [3.63, 3.8) is 0 Å². The van der Waals surface area contributed by atoms with Gasteiger partial charge in [0.15, 0.2) is 0 Å². The fourth-order valence-electron chi connectivity index (χ4n) is 1.90. The third-order valence-electron chi connectivity index (χ3n) is 3.19. The number of thiophene rings is 1. The van der Waals surface area contributed by atoms with Crippen molar-refractivity contribution in [2.24, 2.45) is 0 Å². The lowest BCUT2D eigenvalue weighted by atomic mass is 10.2. The molecule has 4 heteroatoms. The second-order valence-electron chi connectivity index (χ2n) is 5.11. The summed E-state index contributed by atoms with van der Waals surface area (Å²) in [6, 6.07) is 3.06. The van der Waals surface area contributed by atoms with Crippen molar-refractivity contribution in [1.82, 2.24) is 5.32 Å². The van der Waals surface area contributed by atoms with Crippen LogP contribution in [0.2, 0.25) is 0 Å². The van der Waals surface area contributed by atoms with E-state index in [1.165, 1.54) is 28.2 Å². The molecule has 19 heavy (non-hydrogen) atoms. The summed E-state index contributed by atoms with van der Waals surface area (Å²) in [7, 11) is 0. The quantitative estimate of drug-likeness (QED) is 0.669. The summed E-state index contributed by atoms with van der Waals surface area (Å²) >= 11 is 1.88. The zero-order valence-electron chi connectivity index (χ0n) is 12.0. The molecule has 1 aliphatic carbocycles. The SMILES string of the molecule is CCCOCCOCc1cc(CNC2CC2)sc1C. The van der Waals surface area contributed by atoms with Crippen LogP contribution in [0.1, 0.15) is 41.5 Å². The third kappa shape index (κ3) is 5.61. The van der Waals surface area contributed by atoms with Gasteiger partial charge in [-0.3, -0.25) is 0 Å². The molecule has 1 fully saturated rings. The Kier molecular flexibility index (Phi) is 6.31. The van der Waals surface area contributed by atoms with Gasteiger partial charge in [-0.1, -0.05) is 6.92 Å². The second kappa shape index (κ2) is 8.00. The monoisotopic (exact) mass is 283 g/mol. The van der Waals surface area contributed by atoms with Gasteiger partial charge < -0.3 is 14.8 Å². The Morgan fingerprint density at radius 2 is 2.05 bits per heavy atom. The fraction of sp³-hybridized carbons (Fsp3) is 0.733. The van der Waals surface area contributed by atoms with E-state index >= 15 is 0 Å². The van der Waals surface area contributed by atoms with Crippen molar-refractivity contribution in [1.29, 1.82) is 0 Å². The van der Waals surface area contributed by atoms with Crippen molar-refractivity contribution in [2.45, 2.75) is 52.3 Å². The topological polar surface area (TPSA) is 30.5 Å². The first-order valence-corrected chi connectivity index (χ1v) is 8.08. The van der Waals surface area contributed by atoms with Crippen molar-refractivity contribution in [3.8, 4) is 0 Å². The standard InChI is InChI=1S/C15H25NO2S/c1-3-6-17-7-8-18-11-13-9-15(19-12(13)2)10-16-14-4-5-14/h9,14,16H,3-8,10-11H2,1-2H3. The Labute approximate surface area is 120 Å². The van der Waals surface area contributed by atoms with Crippen LogP contribution < -0.4 is 5.32 Å². The molecule has 1 aliphatic rings. The highest BCUT2D eigenvalue weighted by Crippen LogP contribution is 2.24. The summed E-state index contributed by atoms with van der Waals surface area (Å²) in [5.74, 6) is 0. The molecule has 0 unspecified atom stereocenters. The van der Waals surface area contributed by atoms with Crippen LogP contribution in [0.4, 0.5) is 0 Å². The Bertz CT molecular complexity index is 374. The molecule has 2 rings (SSSR count). The van der Waals surface area contributed by atoms with E-state index in [4.69, 9.17) is 9.47 Å². The van der Waals surface area contributed by atoms with Gasteiger partial charge in [-0.15, -0.1) is 11.3 Å². The van der Waals surface area contributed by atoms with Crippen LogP contribution >= 0.6 is 11.3 Å². The molecule has 0 aromatic carbocycles. The average molecular weight is 283 g/mol. The van der Waals surface area contributed by atoms with Crippen LogP contribution in [0.3, 0.4) is 0 Å². The number of hydrogen-bond donors (Lipinski definition) is 1. The summed E-state index contributed by atoms with van der Waals surface area (Å²) in [4.78, 5) is 2.80. The van der Waals surface area contributed by atoms with E-state index in [0.717, 1.165) is 25.6 Å². The van der Waals surface area contributed by atoms with Crippen molar-refractivity contribution in [3.05, 3.63) is 21.4 Å². The van der Waals surface area contributed by atoms with E-state index < -0.39 is 0 Å². The zero-order valence-corrected chi connectivity index (χ0v) is 12.9. The van der Waals surface area contributed by atoms with Crippen molar-refractivity contribution < 1.29 is 9.47 Å². The van der Waals surface area contributed by atoms with Gasteiger partial charge in [0.1, 0.15) is 0 Å². The normalized spacial score (nSPS) is 15.1. The zero-order chi connectivity index (χ0) is 13.5. The minimum absolute atomic E-state index is 0.685. The number of ether oxygens (including phenoxy) is 2. The maximum absolute atomic E-state index is 5.66. The Hall–Kier alpha value is -0.420. The van der Waals surface area contributed by atoms with Gasteiger partial charge in [-0.05, 0) is 37.8 Å². The lowest BCUT2D eigenvalue weighted by Gasteiger charge is -2.04. The molecule has 0 radical (unpaired) electrons. The molecular weight excluding hydrogens is 258 g/mol. The first-order valence-electron chi connectivity index (χ1n) is 7.26. The minimum atomic E-state index is 0.685. The summed E-state index contributed by atoms with van der Waals surface area (Å²) in [6.45, 7) is 8.23. The smallest absolute Gasteiger partial charge is 0.0728 e. The summed E-state index contributed by atoms with van der Waals surface area (Å²) in [5.41, 5.74) is 1.33. The van der Waals surface area contributed by atoms with Gasteiger partial charge in [0.05, 0.1) is 19.8 Å². The van der Waals surface area contributed by atoms with E-state index in [2.05, 4.69) is 25.2 Å². The van der Waals surface area contributed by atoms with Gasteiger partial charge in [0.2, 0.25) is 0 Å². The molecule has 0 bridgehead atoms. The van der Waals surface area contributed by atoms with Crippen molar-refractivity contribution >= 4 is 11.3 Å². The molecule has 0 aliphatic heterocycles. The fourth-order valence-corrected chi connectivity index (χ4v) is 2.90. The Morgan fingerprint density at radius 1 is 1.26 bits per heavy atom. The predicted octanol–water partition coefficient (Wildman–Crippen LogP) is 3.25. The molecule has 0 atom stereocenters. The molecule has 0 amide bonds. The highest BCUT2D eigenvalue weighted by Gasteiger charge is 2.20. The first-order chi connectivity index (χ1) is 9.29. The van der Waals surface area contributed by atoms with Crippen LogP contribution in [-0.2, 0) is 22.6 Å². The van der Waals surface area contributed by atoms with Crippen LogP contribution in [0.15, 0.2) is 6.07 Å². The maximum Gasteiger partial charge on any atom is 0.0728 e. The molecule has 108 valence electrons. The molecule has 1 aromatic heterocycles. The molecule has 1 heterocycles. The van der Waals surface area contributed by atoms with E-state index in [1.54, 1.807) is 0 Å². The summed E-state index contributed by atoms with van der Waals surface area (Å²) in [6.07, 6.45) is 3.76. The molecule has 1 saturated carbocycles. The number of nitrogens with one attached hydrogen (secondary N) is 1. The Balaban J connectivity index is 1.64. The molecular formula is C15H25NO2S. The van der Waals surface area contributed by atoms with Crippen LogP contribution in [-0.4, -0.2) is 25.9 Å². The van der Waals surface area contributed by atoms with Crippen LogP contribution in [0.25, 0.3) is 0 Å². The van der Waals surface area contributed by atoms with Crippen molar-refractivity contribution in [2.75, 3.05) is 19.8 Å². The highest BCUT2D eigenvalue weighted by atomic mass is 32.1. The van der Waals surface area contributed by atoms with Gasteiger partial charge in [0, 0.05) is 28.9 Å². The van der Waals surface area contributed by atoms with Crippen LogP contribution in [0, 0.1) is 6.92 Å². The number of aryl methyl sites for hydroxylation is 1. The van der Waals surface area contributed by atoms with E-state index in [0.29, 0.717) is 19.8 Å². The van der Waals surface area contributed by atoms with E-state index in [9.17, 15) is 0 Å². The second-order valence-corrected chi connectivity index (χ2v) is 6.46. The first kappa shape index (κ1) is 15.0. The van der Waals surface area contributed by atoms with Gasteiger partial charge in [0.25, 0.3) is 0 Å². The number of rotatable bonds is 10. The highest BCUT2D eigenvalue weighted by molar-refractivity contribution is 7.12. The predicted molar refractivity (Wildman–Crippen MR) is 79.7 cm³/mol. The summed E-state index contributed by atoms with van der Waals surface area (Å²) < 4.78 is 11.1. The summed E-state index contributed by atoms with van der Waals surface area (Å²) in [5, 5.41) is 3.55. The van der Waals surface area contributed by atoms with Gasteiger partial charge in [-0.25, -0.2) is 0 Å². The van der Waals surface area contributed by atoms with Gasteiger partial charge >= 0.3 is 0 Å². The van der Waals surface area contributed by atoms with E-state index in [1.807, 2.05) is 11.3 Å². The van der Waals surface area contributed by atoms with E-state index in [-0.39, 0.29) is 0 Å². The molecule has 0 saturated heterocycles. The van der Waals surface area contributed by atoms with Crippen LogP contribution in [0.5, 0.6) is 0 Å². The molecule has 0 spiro atoms. The third-order valence-corrected chi connectivity index (χ3v) is 4.28. The average Bonchev–Trinajstić information content (AvgIpc) is 3.16. The number of hydrogen-bond acceptors (Lipinski definition) is 4.